The summed E-state index contributed by atoms with van der Waals surface area (Å²) in [6, 6.07) is 7.24. The smallest absolute Gasteiger partial charge is 0.185 e. The summed E-state index contributed by atoms with van der Waals surface area (Å²) in [5.41, 5.74) is 0.695. The predicted molar refractivity (Wildman–Crippen MR) is 66.0 cm³/mol. The van der Waals surface area contributed by atoms with Gasteiger partial charge < -0.3 is 4.74 Å². The van der Waals surface area contributed by atoms with Gasteiger partial charge in [0.15, 0.2) is 5.78 Å². The molecule has 86 valence electrons. The van der Waals surface area contributed by atoms with E-state index in [0.29, 0.717) is 5.56 Å². The van der Waals surface area contributed by atoms with E-state index in [1.165, 1.54) is 0 Å². The zero-order valence-corrected chi connectivity index (χ0v) is 10.1. The molecule has 0 amide bonds. The molecule has 0 aromatic heterocycles. The number of hydrogen-bond donors (Lipinski definition) is 0. The minimum absolute atomic E-state index is 0.0398. The van der Waals surface area contributed by atoms with Crippen LogP contribution in [-0.4, -0.2) is 11.9 Å². The number of hydrogen-bond acceptors (Lipinski definition) is 2. The van der Waals surface area contributed by atoms with Crippen LogP contribution in [0, 0.1) is 0 Å². The fraction of sp³-hybridized carbons (Fsp3) is 0.357. The predicted octanol–water partition coefficient (Wildman–Crippen LogP) is 3.62. The van der Waals surface area contributed by atoms with Gasteiger partial charge in [0.25, 0.3) is 0 Å². The number of ketones is 1. The second kappa shape index (κ2) is 6.11. The average molecular weight is 218 g/mol. The quantitative estimate of drug-likeness (QED) is 0.557. The molecule has 1 aromatic carbocycles. The molecule has 1 aromatic rings. The zero-order chi connectivity index (χ0) is 12.0. The highest BCUT2D eigenvalue weighted by Crippen LogP contribution is 2.14. The molecule has 0 bridgehead atoms. The summed E-state index contributed by atoms with van der Waals surface area (Å²) in [5, 5.41) is 0. The molecule has 2 nitrogen and oxygen atoms in total. The van der Waals surface area contributed by atoms with E-state index in [1.54, 1.807) is 18.2 Å². The van der Waals surface area contributed by atoms with Crippen molar-refractivity contribution in [2.45, 2.75) is 33.3 Å². The monoisotopic (exact) mass is 218 g/mol. The van der Waals surface area contributed by atoms with Gasteiger partial charge in [-0.25, -0.2) is 0 Å². The Morgan fingerprint density at radius 2 is 1.94 bits per heavy atom. The summed E-state index contributed by atoms with van der Waals surface area (Å²) in [7, 11) is 0. The Balaban J connectivity index is 2.71. The standard InChI is InChI=1S/C14H18O2/c1-4-5-6-14(15)12-7-9-13(10-8-12)16-11(2)3/h5-11H,4H2,1-3H3/b6-5+. The van der Waals surface area contributed by atoms with Crippen molar-refractivity contribution in [3.05, 3.63) is 42.0 Å². The SMILES string of the molecule is CC/C=C/C(=O)c1ccc(OC(C)C)cc1. The molecule has 0 atom stereocenters. The van der Waals surface area contributed by atoms with Crippen molar-refractivity contribution in [3.63, 3.8) is 0 Å². The minimum Gasteiger partial charge on any atom is -0.491 e. The van der Waals surface area contributed by atoms with Gasteiger partial charge in [-0.05, 0) is 50.6 Å². The van der Waals surface area contributed by atoms with E-state index in [1.807, 2.05) is 39.0 Å². The molecule has 0 aliphatic carbocycles. The number of allylic oxidation sites excluding steroid dienone is 2. The van der Waals surface area contributed by atoms with Gasteiger partial charge in [-0.3, -0.25) is 4.79 Å². The number of carbonyl (C=O) groups excluding carboxylic acids is 1. The van der Waals surface area contributed by atoms with Crippen molar-refractivity contribution in [1.82, 2.24) is 0 Å². The Labute approximate surface area is 96.9 Å². The van der Waals surface area contributed by atoms with Crippen LogP contribution in [0.4, 0.5) is 0 Å². The number of ether oxygens (including phenoxy) is 1. The molecule has 0 unspecified atom stereocenters. The van der Waals surface area contributed by atoms with Crippen LogP contribution in [0.2, 0.25) is 0 Å². The third-order valence-corrected chi connectivity index (χ3v) is 2.02. The lowest BCUT2D eigenvalue weighted by Gasteiger charge is -2.09. The third-order valence-electron chi connectivity index (χ3n) is 2.02. The molecule has 0 aliphatic rings. The van der Waals surface area contributed by atoms with Crippen LogP contribution in [0.3, 0.4) is 0 Å². The highest BCUT2D eigenvalue weighted by molar-refractivity contribution is 6.04. The van der Waals surface area contributed by atoms with E-state index in [2.05, 4.69) is 0 Å². The molecule has 16 heavy (non-hydrogen) atoms. The van der Waals surface area contributed by atoms with Crippen LogP contribution in [0.25, 0.3) is 0 Å². The largest absolute Gasteiger partial charge is 0.491 e. The van der Waals surface area contributed by atoms with Crippen LogP contribution < -0.4 is 4.74 Å². The highest BCUT2D eigenvalue weighted by atomic mass is 16.5. The van der Waals surface area contributed by atoms with Gasteiger partial charge in [-0.1, -0.05) is 13.0 Å². The maximum Gasteiger partial charge on any atom is 0.185 e. The van der Waals surface area contributed by atoms with Gasteiger partial charge in [-0.2, -0.15) is 0 Å². The number of carbonyl (C=O) groups is 1. The fourth-order valence-corrected chi connectivity index (χ4v) is 1.29. The molecule has 0 heterocycles. The summed E-state index contributed by atoms with van der Waals surface area (Å²) in [4.78, 5) is 11.6. The van der Waals surface area contributed by atoms with Crippen molar-refractivity contribution in [3.8, 4) is 5.75 Å². The lowest BCUT2D eigenvalue weighted by atomic mass is 10.1. The topological polar surface area (TPSA) is 26.3 Å². The zero-order valence-electron chi connectivity index (χ0n) is 10.1. The summed E-state index contributed by atoms with van der Waals surface area (Å²) >= 11 is 0. The summed E-state index contributed by atoms with van der Waals surface area (Å²) in [6.07, 6.45) is 4.50. The first-order chi connectivity index (χ1) is 7.63. The van der Waals surface area contributed by atoms with E-state index in [4.69, 9.17) is 4.74 Å². The van der Waals surface area contributed by atoms with Crippen LogP contribution in [0.5, 0.6) is 5.75 Å². The van der Waals surface area contributed by atoms with E-state index in [0.717, 1.165) is 12.2 Å². The maximum atomic E-state index is 11.6. The first-order valence-corrected chi connectivity index (χ1v) is 5.61. The maximum absolute atomic E-state index is 11.6. The highest BCUT2D eigenvalue weighted by Gasteiger charge is 2.02. The van der Waals surface area contributed by atoms with Crippen LogP contribution in [0.15, 0.2) is 36.4 Å². The van der Waals surface area contributed by atoms with Gasteiger partial charge in [0.2, 0.25) is 0 Å². The summed E-state index contributed by atoms with van der Waals surface area (Å²) < 4.78 is 5.50. The normalized spacial score (nSPS) is 11.0. The molecule has 0 aliphatic heterocycles. The molecule has 0 fully saturated rings. The molecule has 2 heteroatoms. The van der Waals surface area contributed by atoms with E-state index in [-0.39, 0.29) is 11.9 Å². The Morgan fingerprint density at radius 1 is 1.31 bits per heavy atom. The Hall–Kier alpha value is -1.57. The van der Waals surface area contributed by atoms with Crippen molar-refractivity contribution in [1.29, 1.82) is 0 Å². The molecule has 1 rings (SSSR count). The van der Waals surface area contributed by atoms with E-state index >= 15 is 0 Å². The van der Waals surface area contributed by atoms with Gasteiger partial charge in [0.1, 0.15) is 5.75 Å². The van der Waals surface area contributed by atoms with E-state index < -0.39 is 0 Å². The fourth-order valence-electron chi connectivity index (χ4n) is 1.29. The second-order valence-corrected chi connectivity index (χ2v) is 3.87. The van der Waals surface area contributed by atoms with Crippen molar-refractivity contribution in [2.24, 2.45) is 0 Å². The molecule has 0 saturated heterocycles. The lowest BCUT2D eigenvalue weighted by molar-refractivity contribution is 0.104. The average Bonchev–Trinajstić information content (AvgIpc) is 2.26. The number of rotatable bonds is 5. The lowest BCUT2D eigenvalue weighted by Crippen LogP contribution is -2.05. The van der Waals surface area contributed by atoms with Crippen LogP contribution >= 0.6 is 0 Å². The first kappa shape index (κ1) is 12.5. The van der Waals surface area contributed by atoms with Crippen LogP contribution in [0.1, 0.15) is 37.6 Å². The first-order valence-electron chi connectivity index (χ1n) is 5.61. The molecular formula is C14H18O2. The molecule has 0 radical (unpaired) electrons. The van der Waals surface area contributed by atoms with Gasteiger partial charge >= 0.3 is 0 Å². The van der Waals surface area contributed by atoms with Crippen molar-refractivity contribution >= 4 is 5.78 Å². The summed E-state index contributed by atoms with van der Waals surface area (Å²) in [6.45, 7) is 5.95. The van der Waals surface area contributed by atoms with E-state index in [9.17, 15) is 4.79 Å². The third kappa shape index (κ3) is 3.89. The molecular weight excluding hydrogens is 200 g/mol. The van der Waals surface area contributed by atoms with Gasteiger partial charge in [-0.15, -0.1) is 0 Å². The molecule has 0 N–H and O–H groups in total. The van der Waals surface area contributed by atoms with Gasteiger partial charge in [0.05, 0.1) is 6.10 Å². The minimum atomic E-state index is 0.0398. The molecule has 0 saturated carbocycles. The van der Waals surface area contributed by atoms with Crippen molar-refractivity contribution in [2.75, 3.05) is 0 Å². The Morgan fingerprint density at radius 3 is 2.44 bits per heavy atom. The van der Waals surface area contributed by atoms with Crippen LogP contribution in [-0.2, 0) is 0 Å². The van der Waals surface area contributed by atoms with Crippen molar-refractivity contribution < 1.29 is 9.53 Å². The Kier molecular flexibility index (Phi) is 4.77. The Bertz CT molecular complexity index is 361. The van der Waals surface area contributed by atoms with Gasteiger partial charge in [0, 0.05) is 5.56 Å². The summed E-state index contributed by atoms with van der Waals surface area (Å²) in [5.74, 6) is 0.837. The molecule has 0 spiro atoms. The second-order valence-electron chi connectivity index (χ2n) is 3.87. The number of benzene rings is 1.